The molecule has 0 aliphatic rings. The minimum atomic E-state index is -0.0135. The van der Waals surface area contributed by atoms with Crippen molar-refractivity contribution in [3.05, 3.63) is 59.4 Å². The average Bonchev–Trinajstić information content (AvgIpc) is 2.35. The predicted octanol–water partition coefficient (Wildman–Crippen LogP) is 2.88. The first-order chi connectivity index (χ1) is 8.66. The summed E-state index contributed by atoms with van der Waals surface area (Å²) >= 11 is 0. The zero-order valence-electron chi connectivity index (χ0n) is 10.6. The van der Waals surface area contributed by atoms with E-state index in [0.717, 1.165) is 22.4 Å². The molecule has 0 saturated carbocycles. The molecule has 1 amide bonds. The van der Waals surface area contributed by atoms with Crippen LogP contribution in [0.2, 0.25) is 0 Å². The van der Waals surface area contributed by atoms with Gasteiger partial charge in [-0.05, 0) is 36.6 Å². The third-order valence-electron chi connectivity index (χ3n) is 2.83. The maximum atomic E-state index is 11.9. The van der Waals surface area contributed by atoms with Crippen molar-refractivity contribution in [3.8, 4) is 0 Å². The maximum absolute atomic E-state index is 11.9. The molecule has 1 N–H and O–H groups in total. The van der Waals surface area contributed by atoms with Gasteiger partial charge >= 0.3 is 0 Å². The molecule has 1 heterocycles. The second-order valence-electron chi connectivity index (χ2n) is 4.35. The van der Waals surface area contributed by atoms with Crippen LogP contribution in [0.1, 0.15) is 16.7 Å². The molecule has 0 bridgehead atoms. The van der Waals surface area contributed by atoms with Crippen molar-refractivity contribution in [2.45, 2.75) is 20.3 Å². The van der Waals surface area contributed by atoms with Crippen LogP contribution in [0.4, 0.5) is 5.69 Å². The van der Waals surface area contributed by atoms with E-state index in [2.05, 4.69) is 10.3 Å². The Morgan fingerprint density at radius 2 is 1.89 bits per heavy atom. The van der Waals surface area contributed by atoms with E-state index in [4.69, 9.17) is 0 Å². The van der Waals surface area contributed by atoms with E-state index in [1.165, 1.54) is 0 Å². The van der Waals surface area contributed by atoms with Crippen LogP contribution >= 0.6 is 0 Å². The van der Waals surface area contributed by atoms with Crippen molar-refractivity contribution in [2.75, 3.05) is 5.32 Å². The monoisotopic (exact) mass is 240 g/mol. The Kier molecular flexibility index (Phi) is 3.72. The van der Waals surface area contributed by atoms with Crippen LogP contribution in [-0.4, -0.2) is 10.9 Å². The van der Waals surface area contributed by atoms with E-state index < -0.39 is 0 Å². The SMILES string of the molecule is Cc1cccc(C)c1NC(=O)Cc1cccnc1. The lowest BCUT2D eigenvalue weighted by molar-refractivity contribution is -0.115. The molecule has 0 aliphatic heterocycles. The molecule has 2 aromatic rings. The molecule has 0 saturated heterocycles. The summed E-state index contributed by atoms with van der Waals surface area (Å²) in [7, 11) is 0. The van der Waals surface area contributed by atoms with E-state index in [-0.39, 0.29) is 5.91 Å². The highest BCUT2D eigenvalue weighted by Gasteiger charge is 2.07. The van der Waals surface area contributed by atoms with Gasteiger partial charge in [-0.2, -0.15) is 0 Å². The number of aromatic nitrogens is 1. The Morgan fingerprint density at radius 1 is 1.17 bits per heavy atom. The number of carbonyl (C=O) groups excluding carboxylic acids is 1. The van der Waals surface area contributed by atoms with Gasteiger partial charge in [-0.25, -0.2) is 0 Å². The smallest absolute Gasteiger partial charge is 0.228 e. The van der Waals surface area contributed by atoms with Gasteiger partial charge in [0.15, 0.2) is 0 Å². The van der Waals surface area contributed by atoms with Gasteiger partial charge in [-0.1, -0.05) is 24.3 Å². The molecule has 18 heavy (non-hydrogen) atoms. The number of amides is 1. The Balaban J connectivity index is 2.08. The normalized spacial score (nSPS) is 10.1. The number of nitrogens with zero attached hydrogens (tertiary/aromatic N) is 1. The number of carbonyl (C=O) groups is 1. The van der Waals surface area contributed by atoms with E-state index in [9.17, 15) is 4.79 Å². The van der Waals surface area contributed by atoms with Gasteiger partial charge in [0.25, 0.3) is 0 Å². The molecule has 2 rings (SSSR count). The molecular weight excluding hydrogens is 224 g/mol. The van der Waals surface area contributed by atoms with Gasteiger partial charge in [0.1, 0.15) is 0 Å². The van der Waals surface area contributed by atoms with Crippen LogP contribution in [0.25, 0.3) is 0 Å². The van der Waals surface area contributed by atoms with Crippen LogP contribution in [0.15, 0.2) is 42.7 Å². The molecule has 0 spiro atoms. The molecule has 92 valence electrons. The van der Waals surface area contributed by atoms with Gasteiger partial charge < -0.3 is 5.32 Å². The van der Waals surface area contributed by atoms with Crippen LogP contribution in [0.3, 0.4) is 0 Å². The second-order valence-corrected chi connectivity index (χ2v) is 4.35. The topological polar surface area (TPSA) is 42.0 Å². The summed E-state index contributed by atoms with van der Waals surface area (Å²) in [6.07, 6.45) is 3.76. The number of hydrogen-bond donors (Lipinski definition) is 1. The maximum Gasteiger partial charge on any atom is 0.228 e. The fourth-order valence-electron chi connectivity index (χ4n) is 1.88. The third kappa shape index (κ3) is 2.94. The molecule has 0 unspecified atom stereocenters. The highest BCUT2D eigenvalue weighted by molar-refractivity contribution is 5.93. The third-order valence-corrected chi connectivity index (χ3v) is 2.83. The highest BCUT2D eigenvalue weighted by Crippen LogP contribution is 2.19. The van der Waals surface area contributed by atoms with Crippen LogP contribution in [0.5, 0.6) is 0 Å². The Morgan fingerprint density at radius 3 is 2.50 bits per heavy atom. The summed E-state index contributed by atoms with van der Waals surface area (Å²) in [4.78, 5) is 15.9. The van der Waals surface area contributed by atoms with Crippen LogP contribution < -0.4 is 5.32 Å². The number of pyridine rings is 1. The van der Waals surface area contributed by atoms with Crippen molar-refractivity contribution in [3.63, 3.8) is 0 Å². The van der Waals surface area contributed by atoms with Crippen LogP contribution in [0, 0.1) is 13.8 Å². The number of rotatable bonds is 3. The Bertz CT molecular complexity index is 529. The predicted molar refractivity (Wildman–Crippen MR) is 72.5 cm³/mol. The zero-order valence-corrected chi connectivity index (χ0v) is 10.6. The summed E-state index contributed by atoms with van der Waals surface area (Å²) in [5.74, 6) is -0.0135. The summed E-state index contributed by atoms with van der Waals surface area (Å²) in [5, 5.41) is 2.96. The fourth-order valence-corrected chi connectivity index (χ4v) is 1.88. The molecule has 3 heteroatoms. The van der Waals surface area contributed by atoms with E-state index in [1.807, 2.05) is 44.2 Å². The summed E-state index contributed by atoms with van der Waals surface area (Å²) in [6, 6.07) is 9.71. The van der Waals surface area contributed by atoms with Crippen molar-refractivity contribution < 1.29 is 4.79 Å². The fraction of sp³-hybridized carbons (Fsp3) is 0.200. The molecular formula is C15H16N2O. The van der Waals surface area contributed by atoms with Crippen molar-refractivity contribution in [2.24, 2.45) is 0 Å². The Labute approximate surface area is 107 Å². The van der Waals surface area contributed by atoms with Crippen molar-refractivity contribution in [1.29, 1.82) is 0 Å². The molecule has 0 aliphatic carbocycles. The first-order valence-corrected chi connectivity index (χ1v) is 5.92. The largest absolute Gasteiger partial charge is 0.325 e. The van der Waals surface area contributed by atoms with E-state index in [0.29, 0.717) is 6.42 Å². The minimum Gasteiger partial charge on any atom is -0.325 e. The molecule has 0 radical (unpaired) electrons. The number of benzene rings is 1. The molecule has 1 aromatic heterocycles. The Hall–Kier alpha value is -2.16. The van der Waals surface area contributed by atoms with Crippen molar-refractivity contribution >= 4 is 11.6 Å². The van der Waals surface area contributed by atoms with E-state index >= 15 is 0 Å². The van der Waals surface area contributed by atoms with Gasteiger partial charge in [0.2, 0.25) is 5.91 Å². The van der Waals surface area contributed by atoms with Gasteiger partial charge in [-0.15, -0.1) is 0 Å². The number of anilines is 1. The summed E-state index contributed by atoms with van der Waals surface area (Å²) in [5.41, 5.74) is 3.98. The molecule has 3 nitrogen and oxygen atoms in total. The lowest BCUT2D eigenvalue weighted by atomic mass is 10.1. The molecule has 0 fully saturated rings. The first-order valence-electron chi connectivity index (χ1n) is 5.92. The van der Waals surface area contributed by atoms with E-state index in [1.54, 1.807) is 12.4 Å². The first kappa shape index (κ1) is 12.3. The van der Waals surface area contributed by atoms with Crippen molar-refractivity contribution in [1.82, 2.24) is 4.98 Å². The minimum absolute atomic E-state index is 0.0135. The average molecular weight is 240 g/mol. The highest BCUT2D eigenvalue weighted by atomic mass is 16.1. The number of nitrogens with one attached hydrogen (secondary N) is 1. The quantitative estimate of drug-likeness (QED) is 0.896. The summed E-state index contributed by atoms with van der Waals surface area (Å²) in [6.45, 7) is 3.99. The number of aryl methyl sites for hydroxylation is 2. The van der Waals surface area contributed by atoms with Crippen LogP contribution in [-0.2, 0) is 11.2 Å². The zero-order chi connectivity index (χ0) is 13.0. The standard InChI is InChI=1S/C15H16N2O/c1-11-5-3-6-12(2)15(11)17-14(18)9-13-7-4-8-16-10-13/h3-8,10H,9H2,1-2H3,(H,17,18). The molecule has 1 aromatic carbocycles. The van der Waals surface area contributed by atoms with Gasteiger partial charge in [0.05, 0.1) is 6.42 Å². The number of para-hydroxylation sites is 1. The molecule has 0 atom stereocenters. The van der Waals surface area contributed by atoms with Gasteiger partial charge in [0, 0.05) is 18.1 Å². The van der Waals surface area contributed by atoms with Gasteiger partial charge in [-0.3, -0.25) is 9.78 Å². The lowest BCUT2D eigenvalue weighted by Gasteiger charge is -2.11. The lowest BCUT2D eigenvalue weighted by Crippen LogP contribution is -2.16. The second kappa shape index (κ2) is 5.45. The summed E-state index contributed by atoms with van der Waals surface area (Å²) < 4.78 is 0. The number of hydrogen-bond acceptors (Lipinski definition) is 2.